The highest BCUT2D eigenvalue weighted by atomic mass is 16.5. The van der Waals surface area contributed by atoms with E-state index in [9.17, 15) is 19.2 Å². The van der Waals surface area contributed by atoms with Crippen molar-refractivity contribution in [2.75, 3.05) is 45.0 Å². The van der Waals surface area contributed by atoms with Crippen molar-refractivity contribution >= 4 is 40.6 Å². The number of anilines is 1. The molecule has 10 rings (SSSR count). The average Bonchev–Trinajstić information content (AvgIpc) is 3.85. The molecule has 4 saturated heterocycles. The van der Waals surface area contributed by atoms with E-state index in [2.05, 4.69) is 25.9 Å². The summed E-state index contributed by atoms with van der Waals surface area (Å²) >= 11 is 0. The molecule has 5 aliphatic rings. The number of likely N-dealkylation sites (tertiary alicyclic amines) is 3. The van der Waals surface area contributed by atoms with Gasteiger partial charge in [-0.05, 0) is 111 Å². The van der Waals surface area contributed by atoms with E-state index in [1.165, 1.54) is 11.9 Å². The van der Waals surface area contributed by atoms with Crippen LogP contribution >= 0.6 is 0 Å². The minimum absolute atomic E-state index is 0.122. The lowest BCUT2D eigenvalue weighted by atomic mass is 9.88. The van der Waals surface area contributed by atoms with Crippen molar-refractivity contribution in [1.82, 2.24) is 44.7 Å². The predicted octanol–water partition coefficient (Wildman–Crippen LogP) is 5.73. The lowest BCUT2D eigenvalue weighted by Crippen LogP contribution is -2.53. The molecule has 5 aliphatic heterocycles. The van der Waals surface area contributed by atoms with Crippen molar-refractivity contribution in [2.24, 2.45) is 0 Å². The third-order valence-corrected chi connectivity index (χ3v) is 13.4. The quantitative estimate of drug-likeness (QED) is 0.193. The smallest absolute Gasteiger partial charge is 0.319 e. The van der Waals surface area contributed by atoms with E-state index in [1.54, 1.807) is 4.90 Å². The number of carbonyl (C=O) groups is 4. The van der Waals surface area contributed by atoms with Gasteiger partial charge in [0.1, 0.15) is 35.4 Å². The number of nitrogens with zero attached hydrogens (tertiary/aromatic N) is 8. The molecule has 0 aliphatic carbocycles. The van der Waals surface area contributed by atoms with Gasteiger partial charge in [-0.1, -0.05) is 30.3 Å². The summed E-state index contributed by atoms with van der Waals surface area (Å²) in [5.74, 6) is 1.36. The first kappa shape index (κ1) is 38.8. The molecule has 5 amide bonds. The number of hydrogen-bond acceptors (Lipinski definition) is 10. The van der Waals surface area contributed by atoms with Crippen molar-refractivity contribution in [3.63, 3.8) is 0 Å². The minimum atomic E-state index is -0.623. The fourth-order valence-corrected chi connectivity index (χ4v) is 10.1. The van der Waals surface area contributed by atoms with Gasteiger partial charge >= 0.3 is 6.03 Å². The maximum Gasteiger partial charge on any atom is 0.319 e. The number of carbonyl (C=O) groups excluding carboxylic acids is 4. The standard InChI is InChI=1S/C46H50N10O5/c47-42-40-41(30-8-11-36(12-9-30)61-35-6-2-1-3-7-35)51-56(43(40)49-28-48-42)34-5-4-20-54(27-34)33-18-23-53(24-19-33)46(60)52-21-16-29(17-22-52)31-10-13-37-32(25-31)26-55(45(37)59)38-14-15-39(57)50-44(38)58/h1-3,6-13,25,28-29,33-34,38H,4-5,14-24,26-27H2,(H2,47,48,49)(H,50,57,58). The molecule has 15 heteroatoms. The number of ether oxygens (including phenoxy) is 1. The van der Waals surface area contributed by atoms with Gasteiger partial charge in [-0.15, -0.1) is 0 Å². The molecule has 15 nitrogen and oxygen atoms in total. The molecule has 0 bridgehead atoms. The second-order valence-electron chi connectivity index (χ2n) is 17.1. The fourth-order valence-electron chi connectivity index (χ4n) is 10.1. The number of amides is 5. The number of piperidine rings is 4. The number of aromatic nitrogens is 4. The van der Waals surface area contributed by atoms with Gasteiger partial charge in [0.2, 0.25) is 11.8 Å². The molecule has 2 unspecified atom stereocenters. The highest BCUT2D eigenvalue weighted by molar-refractivity contribution is 6.05. The Morgan fingerprint density at radius 1 is 0.787 bits per heavy atom. The molecule has 61 heavy (non-hydrogen) atoms. The summed E-state index contributed by atoms with van der Waals surface area (Å²) in [5.41, 5.74) is 11.6. The molecular weight excluding hydrogens is 773 g/mol. The van der Waals surface area contributed by atoms with Gasteiger partial charge in [0.15, 0.2) is 5.65 Å². The fraction of sp³-hybridized carbons (Fsp3) is 0.413. The third kappa shape index (κ3) is 7.55. The first-order chi connectivity index (χ1) is 29.8. The number of rotatable bonds is 7. The maximum atomic E-state index is 13.8. The number of nitrogen functional groups attached to an aromatic ring is 1. The molecule has 2 aromatic heterocycles. The number of nitrogens with two attached hydrogens (primary N) is 1. The molecule has 0 radical (unpaired) electrons. The van der Waals surface area contributed by atoms with E-state index >= 15 is 0 Å². The molecule has 3 N–H and O–H groups in total. The van der Waals surface area contributed by atoms with Crippen LogP contribution in [0.2, 0.25) is 0 Å². The second-order valence-corrected chi connectivity index (χ2v) is 17.1. The maximum absolute atomic E-state index is 13.8. The lowest BCUT2D eigenvalue weighted by molar-refractivity contribution is -0.136. The van der Waals surface area contributed by atoms with E-state index < -0.39 is 11.9 Å². The summed E-state index contributed by atoms with van der Waals surface area (Å²) in [6.07, 6.45) is 7.69. The van der Waals surface area contributed by atoms with Crippen LogP contribution in [-0.2, 0) is 16.1 Å². The molecular formula is C46H50N10O5. The van der Waals surface area contributed by atoms with Gasteiger partial charge in [0.25, 0.3) is 5.91 Å². The molecule has 0 spiro atoms. The molecule has 2 atom stereocenters. The van der Waals surface area contributed by atoms with Gasteiger partial charge in [-0.2, -0.15) is 5.10 Å². The van der Waals surface area contributed by atoms with Crippen LogP contribution in [0.5, 0.6) is 11.5 Å². The van der Waals surface area contributed by atoms with Gasteiger partial charge in [0.05, 0.1) is 11.4 Å². The summed E-state index contributed by atoms with van der Waals surface area (Å²) in [4.78, 5) is 68.4. The highest BCUT2D eigenvalue weighted by Crippen LogP contribution is 2.37. The second kappa shape index (κ2) is 16.3. The summed E-state index contributed by atoms with van der Waals surface area (Å²) in [6, 6.07) is 23.6. The zero-order chi connectivity index (χ0) is 41.6. The van der Waals surface area contributed by atoms with Crippen LogP contribution in [0.1, 0.15) is 84.8 Å². The van der Waals surface area contributed by atoms with Crippen LogP contribution in [0.25, 0.3) is 22.3 Å². The Hall–Kier alpha value is -6.35. The SMILES string of the molecule is Nc1ncnc2c1c(-c1ccc(Oc3ccccc3)cc1)nn2C1CCCN(C2CCN(C(=O)N3CCC(c4ccc5c(c4)CN(C4CCC(=O)NC4=O)C5=O)CC3)CC2)C1. The summed E-state index contributed by atoms with van der Waals surface area (Å²) in [6.45, 7) is 5.07. The Labute approximate surface area is 353 Å². The van der Waals surface area contributed by atoms with Gasteiger partial charge in [0, 0.05) is 62.9 Å². The van der Waals surface area contributed by atoms with Crippen LogP contribution in [0.15, 0.2) is 79.1 Å². The van der Waals surface area contributed by atoms with E-state index in [1.807, 2.05) is 76.5 Å². The molecule has 5 aromatic rings. The highest BCUT2D eigenvalue weighted by Gasteiger charge is 2.40. The van der Waals surface area contributed by atoms with E-state index in [0.717, 1.165) is 104 Å². The van der Waals surface area contributed by atoms with Crippen LogP contribution in [0.4, 0.5) is 10.6 Å². The summed E-state index contributed by atoms with van der Waals surface area (Å²) < 4.78 is 8.09. The Balaban J connectivity index is 0.739. The monoisotopic (exact) mass is 822 g/mol. The van der Waals surface area contributed by atoms with Crippen LogP contribution in [-0.4, -0.2) is 114 Å². The minimum Gasteiger partial charge on any atom is -0.457 e. The van der Waals surface area contributed by atoms with Crippen molar-refractivity contribution in [3.8, 4) is 22.8 Å². The number of nitrogens with one attached hydrogen (secondary N) is 1. The average molecular weight is 823 g/mol. The van der Waals surface area contributed by atoms with E-state index in [-0.39, 0.29) is 36.2 Å². The topological polar surface area (TPSA) is 172 Å². The van der Waals surface area contributed by atoms with E-state index in [4.69, 9.17) is 20.6 Å². The van der Waals surface area contributed by atoms with Gasteiger partial charge < -0.3 is 25.2 Å². The normalized spacial score (nSPS) is 21.8. The zero-order valence-corrected chi connectivity index (χ0v) is 34.1. The van der Waals surface area contributed by atoms with Crippen molar-refractivity contribution in [1.29, 1.82) is 0 Å². The summed E-state index contributed by atoms with van der Waals surface area (Å²) in [5, 5.41) is 8.29. The first-order valence-electron chi connectivity index (χ1n) is 21.6. The molecule has 3 aromatic carbocycles. The number of fused-ring (bicyclic) bond motifs is 2. The number of urea groups is 1. The number of benzene rings is 3. The first-order valence-corrected chi connectivity index (χ1v) is 21.6. The predicted molar refractivity (Wildman–Crippen MR) is 228 cm³/mol. The Morgan fingerprint density at radius 3 is 2.28 bits per heavy atom. The zero-order valence-electron chi connectivity index (χ0n) is 34.1. The van der Waals surface area contributed by atoms with Crippen molar-refractivity contribution < 1.29 is 23.9 Å². The van der Waals surface area contributed by atoms with Gasteiger partial charge in [-0.25, -0.2) is 19.4 Å². The van der Waals surface area contributed by atoms with E-state index in [0.29, 0.717) is 43.5 Å². The Morgan fingerprint density at radius 2 is 1.52 bits per heavy atom. The number of hydrogen-bond donors (Lipinski definition) is 2. The molecule has 0 saturated carbocycles. The van der Waals surface area contributed by atoms with Gasteiger partial charge in [-0.3, -0.25) is 24.6 Å². The Bertz CT molecular complexity index is 2480. The Kier molecular flexibility index (Phi) is 10.3. The molecule has 7 heterocycles. The van der Waals surface area contributed by atoms with Crippen molar-refractivity contribution in [3.05, 3.63) is 95.8 Å². The molecule has 314 valence electrons. The van der Waals surface area contributed by atoms with Crippen LogP contribution < -0.4 is 15.8 Å². The van der Waals surface area contributed by atoms with Crippen LogP contribution in [0.3, 0.4) is 0 Å². The molecule has 4 fully saturated rings. The summed E-state index contributed by atoms with van der Waals surface area (Å²) in [7, 11) is 0. The number of imide groups is 1. The van der Waals surface area contributed by atoms with Crippen molar-refractivity contribution in [2.45, 2.75) is 82.0 Å². The van der Waals surface area contributed by atoms with Crippen LogP contribution in [0, 0.1) is 0 Å². The lowest BCUT2D eigenvalue weighted by Gasteiger charge is -2.43. The third-order valence-electron chi connectivity index (χ3n) is 13.4. The largest absolute Gasteiger partial charge is 0.457 e. The number of para-hydroxylation sites is 1.